The Labute approximate surface area is 183 Å². The lowest BCUT2D eigenvalue weighted by molar-refractivity contribution is 0.0696. The first-order valence-electron chi connectivity index (χ1n) is 8.98. The molecule has 8 heteroatoms. The molecule has 0 saturated heterocycles. The van der Waals surface area contributed by atoms with Crippen molar-refractivity contribution in [2.75, 3.05) is 0 Å². The number of aryl methyl sites for hydroxylation is 1. The van der Waals surface area contributed by atoms with Crippen LogP contribution in [-0.2, 0) is 0 Å². The molecule has 30 heavy (non-hydrogen) atoms. The molecule has 0 aliphatic carbocycles. The van der Waals surface area contributed by atoms with Gasteiger partial charge in [0.15, 0.2) is 0 Å². The van der Waals surface area contributed by atoms with Gasteiger partial charge in [-0.2, -0.15) is 0 Å². The van der Waals surface area contributed by atoms with Crippen LogP contribution in [0.2, 0.25) is 10.0 Å². The Kier molecular flexibility index (Phi) is 6.59. The van der Waals surface area contributed by atoms with Crippen molar-refractivity contribution in [3.8, 4) is 11.6 Å². The number of hydrogen-bond donors (Lipinski definition) is 2. The van der Waals surface area contributed by atoms with Gasteiger partial charge in [0.05, 0.1) is 16.6 Å². The monoisotopic (exact) mass is 444 g/mol. The van der Waals surface area contributed by atoms with Crippen molar-refractivity contribution in [3.05, 3.63) is 87.0 Å². The summed E-state index contributed by atoms with van der Waals surface area (Å²) in [6.07, 6.45) is 1.39. The van der Waals surface area contributed by atoms with Crippen molar-refractivity contribution in [3.63, 3.8) is 0 Å². The highest BCUT2D eigenvalue weighted by molar-refractivity contribution is 6.31. The third-order valence-electron chi connectivity index (χ3n) is 4.43. The van der Waals surface area contributed by atoms with Crippen LogP contribution in [0.5, 0.6) is 11.6 Å². The van der Waals surface area contributed by atoms with Gasteiger partial charge >= 0.3 is 5.97 Å². The van der Waals surface area contributed by atoms with Gasteiger partial charge in [-0.1, -0.05) is 41.4 Å². The summed E-state index contributed by atoms with van der Waals surface area (Å²) < 4.78 is 5.77. The number of hydrogen-bond acceptors (Lipinski definition) is 4. The Morgan fingerprint density at radius 1 is 1.10 bits per heavy atom. The molecule has 0 fully saturated rings. The van der Waals surface area contributed by atoms with E-state index in [0.717, 1.165) is 11.1 Å². The molecule has 6 nitrogen and oxygen atoms in total. The second-order valence-corrected chi connectivity index (χ2v) is 7.49. The summed E-state index contributed by atoms with van der Waals surface area (Å²) in [5, 5.41) is 12.7. The fraction of sp³-hybridized carbons (Fsp3) is 0.136. The Balaban J connectivity index is 1.81. The number of halogens is 2. The fourth-order valence-electron chi connectivity index (χ4n) is 2.69. The number of carbonyl (C=O) groups is 2. The molecule has 3 rings (SSSR count). The molecular formula is C22H18Cl2N2O4. The molecule has 1 atom stereocenters. The lowest BCUT2D eigenvalue weighted by atomic mass is 10.1. The second-order valence-electron chi connectivity index (χ2n) is 6.64. The lowest BCUT2D eigenvalue weighted by Gasteiger charge is -2.16. The van der Waals surface area contributed by atoms with E-state index in [1.807, 2.05) is 6.92 Å². The summed E-state index contributed by atoms with van der Waals surface area (Å²) in [6.45, 7) is 3.65. The summed E-state index contributed by atoms with van der Waals surface area (Å²) in [6, 6.07) is 12.5. The van der Waals surface area contributed by atoms with Crippen LogP contribution in [0.1, 0.15) is 44.8 Å². The number of nitrogens with one attached hydrogen (secondary N) is 1. The van der Waals surface area contributed by atoms with Crippen LogP contribution in [0.25, 0.3) is 0 Å². The molecule has 1 aromatic heterocycles. The van der Waals surface area contributed by atoms with Crippen LogP contribution in [0.15, 0.2) is 54.7 Å². The predicted molar refractivity (Wildman–Crippen MR) is 115 cm³/mol. The maximum atomic E-state index is 12.9. The quantitative estimate of drug-likeness (QED) is 0.510. The number of aromatic nitrogens is 1. The molecule has 1 amide bonds. The molecular weight excluding hydrogens is 427 g/mol. The van der Waals surface area contributed by atoms with Crippen molar-refractivity contribution in [2.24, 2.45) is 0 Å². The molecule has 0 radical (unpaired) electrons. The minimum Gasteiger partial charge on any atom is -0.478 e. The number of rotatable bonds is 6. The van der Waals surface area contributed by atoms with Crippen LogP contribution < -0.4 is 10.1 Å². The van der Waals surface area contributed by atoms with Gasteiger partial charge in [0.2, 0.25) is 5.88 Å². The van der Waals surface area contributed by atoms with Crippen LogP contribution in [-0.4, -0.2) is 22.0 Å². The minimum absolute atomic E-state index is 0.0882. The minimum atomic E-state index is -1.01. The summed E-state index contributed by atoms with van der Waals surface area (Å²) in [5.41, 5.74) is 1.97. The number of pyridine rings is 1. The van der Waals surface area contributed by atoms with Crippen molar-refractivity contribution in [1.29, 1.82) is 0 Å². The average Bonchev–Trinajstić information content (AvgIpc) is 2.72. The summed E-state index contributed by atoms with van der Waals surface area (Å²) in [4.78, 5) is 28.0. The first-order chi connectivity index (χ1) is 14.2. The standard InChI is InChI=1S/C22H18Cl2N2O4/c1-12-3-8-17(10-19(12)24)30-21-18(9-16(23)11-25-21)20(27)26-13(2)14-4-6-15(7-5-14)22(28)29/h3-11,13H,1-2H3,(H,26,27)(H,28,29)/t13-/m0/s1. The van der Waals surface area contributed by atoms with Crippen molar-refractivity contribution in [2.45, 2.75) is 19.9 Å². The van der Waals surface area contributed by atoms with Gasteiger partial charge in [-0.25, -0.2) is 9.78 Å². The highest BCUT2D eigenvalue weighted by Crippen LogP contribution is 2.29. The third kappa shape index (κ3) is 5.09. The smallest absolute Gasteiger partial charge is 0.335 e. The van der Waals surface area contributed by atoms with Gasteiger partial charge in [-0.3, -0.25) is 4.79 Å². The second kappa shape index (κ2) is 9.15. The Hall–Kier alpha value is -3.09. The maximum absolute atomic E-state index is 12.9. The van der Waals surface area contributed by atoms with Gasteiger partial charge in [-0.05, 0) is 55.3 Å². The highest BCUT2D eigenvalue weighted by Gasteiger charge is 2.19. The summed E-state index contributed by atoms with van der Waals surface area (Å²) in [5.74, 6) is -0.925. The van der Waals surface area contributed by atoms with Crippen LogP contribution >= 0.6 is 23.2 Å². The van der Waals surface area contributed by atoms with E-state index in [-0.39, 0.29) is 28.1 Å². The molecule has 0 aliphatic heterocycles. The Bertz CT molecular complexity index is 1100. The van der Waals surface area contributed by atoms with E-state index < -0.39 is 11.9 Å². The molecule has 0 spiro atoms. The van der Waals surface area contributed by atoms with E-state index in [4.69, 9.17) is 33.0 Å². The van der Waals surface area contributed by atoms with Crippen molar-refractivity contribution >= 4 is 35.1 Å². The first-order valence-corrected chi connectivity index (χ1v) is 9.74. The Morgan fingerprint density at radius 2 is 1.80 bits per heavy atom. The van der Waals surface area contributed by atoms with E-state index in [0.29, 0.717) is 10.8 Å². The number of amides is 1. The zero-order chi connectivity index (χ0) is 21.8. The zero-order valence-electron chi connectivity index (χ0n) is 16.1. The molecule has 1 heterocycles. The van der Waals surface area contributed by atoms with Crippen LogP contribution in [0.3, 0.4) is 0 Å². The van der Waals surface area contributed by atoms with Gasteiger partial charge in [-0.15, -0.1) is 0 Å². The zero-order valence-corrected chi connectivity index (χ0v) is 17.7. The number of carboxylic acid groups (broad SMARTS) is 1. The number of aromatic carboxylic acids is 1. The van der Waals surface area contributed by atoms with E-state index in [1.54, 1.807) is 37.3 Å². The fourth-order valence-corrected chi connectivity index (χ4v) is 3.02. The molecule has 2 aromatic carbocycles. The van der Waals surface area contributed by atoms with Gasteiger partial charge in [0.25, 0.3) is 5.91 Å². The SMILES string of the molecule is Cc1ccc(Oc2ncc(Cl)cc2C(=O)N[C@@H](C)c2ccc(C(=O)O)cc2)cc1Cl. The van der Waals surface area contributed by atoms with Crippen LogP contribution in [0.4, 0.5) is 0 Å². The molecule has 0 unspecified atom stereocenters. The molecule has 154 valence electrons. The topological polar surface area (TPSA) is 88.5 Å². The van der Waals surface area contributed by atoms with Crippen molar-refractivity contribution < 1.29 is 19.4 Å². The Morgan fingerprint density at radius 3 is 2.43 bits per heavy atom. The number of carboxylic acids is 1. The van der Waals surface area contributed by atoms with Gasteiger partial charge < -0.3 is 15.2 Å². The van der Waals surface area contributed by atoms with E-state index in [9.17, 15) is 9.59 Å². The highest BCUT2D eigenvalue weighted by atomic mass is 35.5. The lowest BCUT2D eigenvalue weighted by Crippen LogP contribution is -2.27. The molecule has 0 aliphatic rings. The normalized spacial score (nSPS) is 11.6. The molecule has 0 saturated carbocycles. The average molecular weight is 445 g/mol. The number of carbonyl (C=O) groups excluding carboxylic acids is 1. The third-order valence-corrected chi connectivity index (χ3v) is 5.04. The molecule has 3 aromatic rings. The van der Waals surface area contributed by atoms with E-state index in [1.165, 1.54) is 24.4 Å². The molecule has 2 N–H and O–H groups in total. The molecule has 0 bridgehead atoms. The van der Waals surface area contributed by atoms with Crippen LogP contribution in [0, 0.1) is 6.92 Å². The number of benzene rings is 2. The van der Waals surface area contributed by atoms with E-state index >= 15 is 0 Å². The van der Waals surface area contributed by atoms with Gasteiger partial charge in [0, 0.05) is 11.2 Å². The predicted octanol–water partition coefficient (Wildman–Crippen LogP) is 5.68. The summed E-state index contributed by atoms with van der Waals surface area (Å²) >= 11 is 12.2. The van der Waals surface area contributed by atoms with E-state index in [2.05, 4.69) is 10.3 Å². The largest absolute Gasteiger partial charge is 0.478 e. The van der Waals surface area contributed by atoms with Gasteiger partial charge in [0.1, 0.15) is 11.3 Å². The summed E-state index contributed by atoms with van der Waals surface area (Å²) in [7, 11) is 0. The first kappa shape index (κ1) is 21.6. The number of ether oxygens (including phenoxy) is 1. The number of nitrogens with zero attached hydrogens (tertiary/aromatic N) is 1. The van der Waals surface area contributed by atoms with Crippen molar-refractivity contribution in [1.82, 2.24) is 10.3 Å². The maximum Gasteiger partial charge on any atom is 0.335 e.